The Balaban J connectivity index is 2.10. The van der Waals surface area contributed by atoms with Gasteiger partial charge < -0.3 is 5.73 Å². The molecule has 0 aliphatic rings. The second kappa shape index (κ2) is 4.74. The van der Waals surface area contributed by atoms with Crippen LogP contribution in [-0.2, 0) is 0 Å². The number of nitrogen functional groups attached to an aromatic ring is 1. The van der Waals surface area contributed by atoms with Crippen LogP contribution in [0.1, 0.15) is 21.6 Å². The number of carbonyl (C=O) groups excluding carboxylic acids is 1. The Bertz CT molecular complexity index is 812. The fourth-order valence-corrected chi connectivity index (χ4v) is 2.09. The summed E-state index contributed by atoms with van der Waals surface area (Å²) in [6.07, 6.45) is 1.64. The molecule has 20 heavy (non-hydrogen) atoms. The third kappa shape index (κ3) is 2.12. The molecule has 0 aliphatic heterocycles. The van der Waals surface area contributed by atoms with Crippen LogP contribution in [0, 0.1) is 6.92 Å². The van der Waals surface area contributed by atoms with Gasteiger partial charge in [0.15, 0.2) is 0 Å². The molecular formula is C16H13N3O. The van der Waals surface area contributed by atoms with Gasteiger partial charge in [-0.15, -0.1) is 0 Å². The normalized spacial score (nSPS) is 10.7. The van der Waals surface area contributed by atoms with Gasteiger partial charge in [0.2, 0.25) is 5.78 Å². The molecule has 0 radical (unpaired) electrons. The molecular weight excluding hydrogens is 250 g/mol. The smallest absolute Gasteiger partial charge is 0.215 e. The van der Waals surface area contributed by atoms with Gasteiger partial charge in [0, 0.05) is 11.6 Å². The van der Waals surface area contributed by atoms with E-state index in [9.17, 15) is 4.79 Å². The monoisotopic (exact) mass is 263 g/mol. The van der Waals surface area contributed by atoms with Crippen molar-refractivity contribution in [1.29, 1.82) is 0 Å². The highest BCUT2D eigenvalue weighted by Crippen LogP contribution is 2.17. The van der Waals surface area contributed by atoms with Gasteiger partial charge >= 0.3 is 0 Å². The zero-order valence-corrected chi connectivity index (χ0v) is 11.0. The van der Waals surface area contributed by atoms with Gasteiger partial charge in [-0.2, -0.15) is 0 Å². The van der Waals surface area contributed by atoms with Crippen LogP contribution in [-0.4, -0.2) is 15.8 Å². The average Bonchev–Trinajstić information content (AvgIpc) is 2.48. The highest BCUT2D eigenvalue weighted by Gasteiger charge is 2.15. The van der Waals surface area contributed by atoms with Crippen molar-refractivity contribution in [3.8, 4) is 0 Å². The van der Waals surface area contributed by atoms with Crippen LogP contribution in [0.3, 0.4) is 0 Å². The average molecular weight is 263 g/mol. The third-order valence-corrected chi connectivity index (χ3v) is 3.13. The van der Waals surface area contributed by atoms with Crippen molar-refractivity contribution in [2.75, 3.05) is 5.73 Å². The summed E-state index contributed by atoms with van der Waals surface area (Å²) >= 11 is 0. The molecule has 0 unspecified atom stereocenters. The second-order valence-electron chi connectivity index (χ2n) is 4.66. The third-order valence-electron chi connectivity index (χ3n) is 3.13. The number of fused-ring (bicyclic) bond motifs is 1. The van der Waals surface area contributed by atoms with Gasteiger partial charge in [0.25, 0.3) is 0 Å². The Morgan fingerprint density at radius 1 is 1.15 bits per heavy atom. The van der Waals surface area contributed by atoms with E-state index in [0.29, 0.717) is 11.3 Å². The molecule has 0 amide bonds. The summed E-state index contributed by atoms with van der Waals surface area (Å²) in [5, 5.41) is 0.999. The number of nitrogens with two attached hydrogens (primary N) is 1. The summed E-state index contributed by atoms with van der Waals surface area (Å²) in [5.41, 5.74) is 8.24. The SMILES string of the molecule is Cc1cnc(N)c(C(=O)c2ccc3ccccc3n2)c1. The number of benzene rings is 1. The van der Waals surface area contributed by atoms with E-state index in [-0.39, 0.29) is 11.6 Å². The maximum absolute atomic E-state index is 12.5. The molecule has 2 N–H and O–H groups in total. The molecule has 0 atom stereocenters. The zero-order valence-electron chi connectivity index (χ0n) is 11.0. The number of aryl methyl sites for hydroxylation is 1. The Hall–Kier alpha value is -2.75. The number of hydrogen-bond acceptors (Lipinski definition) is 4. The maximum Gasteiger partial charge on any atom is 0.215 e. The van der Waals surface area contributed by atoms with E-state index in [1.807, 2.05) is 37.3 Å². The lowest BCUT2D eigenvalue weighted by Crippen LogP contribution is -2.09. The molecule has 0 bridgehead atoms. The summed E-state index contributed by atoms with van der Waals surface area (Å²) in [6.45, 7) is 1.87. The first kappa shape index (κ1) is 12.3. The Kier molecular flexibility index (Phi) is 2.91. The second-order valence-corrected chi connectivity index (χ2v) is 4.66. The summed E-state index contributed by atoms with van der Waals surface area (Å²) in [7, 11) is 0. The Morgan fingerprint density at radius 3 is 2.80 bits per heavy atom. The van der Waals surface area contributed by atoms with Crippen molar-refractivity contribution in [1.82, 2.24) is 9.97 Å². The van der Waals surface area contributed by atoms with Crippen LogP contribution in [0.5, 0.6) is 0 Å². The Morgan fingerprint density at radius 2 is 1.95 bits per heavy atom. The van der Waals surface area contributed by atoms with Crippen molar-refractivity contribution in [2.45, 2.75) is 6.92 Å². The van der Waals surface area contributed by atoms with E-state index in [1.165, 1.54) is 0 Å². The van der Waals surface area contributed by atoms with E-state index in [0.717, 1.165) is 16.5 Å². The fraction of sp³-hybridized carbons (Fsp3) is 0.0625. The van der Waals surface area contributed by atoms with Crippen molar-refractivity contribution < 1.29 is 4.79 Å². The number of para-hydroxylation sites is 1. The summed E-state index contributed by atoms with van der Waals surface area (Å²) in [5.74, 6) is 0.0278. The largest absolute Gasteiger partial charge is 0.383 e. The molecule has 0 spiro atoms. The lowest BCUT2D eigenvalue weighted by molar-refractivity contribution is 0.103. The molecule has 4 heteroatoms. The first-order valence-corrected chi connectivity index (χ1v) is 6.28. The van der Waals surface area contributed by atoms with Crippen molar-refractivity contribution in [2.24, 2.45) is 0 Å². The van der Waals surface area contributed by atoms with Crippen LogP contribution < -0.4 is 5.73 Å². The van der Waals surface area contributed by atoms with Gasteiger partial charge in [-0.1, -0.05) is 24.3 Å². The van der Waals surface area contributed by atoms with Crippen LogP contribution in [0.25, 0.3) is 10.9 Å². The van der Waals surface area contributed by atoms with E-state index < -0.39 is 0 Å². The highest BCUT2D eigenvalue weighted by molar-refractivity contribution is 6.11. The van der Waals surface area contributed by atoms with Gasteiger partial charge in [-0.25, -0.2) is 9.97 Å². The first-order chi connectivity index (χ1) is 9.65. The van der Waals surface area contributed by atoms with Crippen LogP contribution in [0.15, 0.2) is 48.7 Å². The van der Waals surface area contributed by atoms with Gasteiger partial charge in [-0.3, -0.25) is 4.79 Å². The van der Waals surface area contributed by atoms with E-state index >= 15 is 0 Å². The van der Waals surface area contributed by atoms with Crippen LogP contribution in [0.2, 0.25) is 0 Å². The number of anilines is 1. The summed E-state index contributed by atoms with van der Waals surface area (Å²) in [6, 6.07) is 13.0. The van der Waals surface area contributed by atoms with E-state index in [2.05, 4.69) is 9.97 Å². The molecule has 98 valence electrons. The number of nitrogens with zero attached hydrogens (tertiary/aromatic N) is 2. The summed E-state index contributed by atoms with van der Waals surface area (Å²) < 4.78 is 0. The predicted molar refractivity (Wildman–Crippen MR) is 78.6 cm³/mol. The van der Waals surface area contributed by atoms with E-state index in [1.54, 1.807) is 18.3 Å². The lowest BCUT2D eigenvalue weighted by Gasteiger charge is -2.05. The summed E-state index contributed by atoms with van der Waals surface area (Å²) in [4.78, 5) is 20.9. The predicted octanol–water partition coefficient (Wildman–Crippen LogP) is 2.75. The first-order valence-electron chi connectivity index (χ1n) is 6.28. The van der Waals surface area contributed by atoms with E-state index in [4.69, 9.17) is 5.73 Å². The molecule has 0 saturated heterocycles. The molecule has 3 rings (SSSR count). The minimum atomic E-state index is -0.204. The topological polar surface area (TPSA) is 68.9 Å². The number of hydrogen-bond donors (Lipinski definition) is 1. The van der Waals surface area contributed by atoms with Gasteiger partial charge in [-0.05, 0) is 30.7 Å². The minimum absolute atomic E-state index is 0.204. The number of carbonyl (C=O) groups is 1. The number of aromatic nitrogens is 2. The standard InChI is InChI=1S/C16H13N3O/c1-10-8-12(16(17)18-9-10)15(20)14-7-6-11-4-2-3-5-13(11)19-14/h2-9H,1H3,(H2,17,18). The van der Waals surface area contributed by atoms with Crippen molar-refractivity contribution in [3.05, 3.63) is 65.5 Å². The molecule has 4 nitrogen and oxygen atoms in total. The van der Waals surface area contributed by atoms with Gasteiger partial charge in [0.1, 0.15) is 11.5 Å². The molecule has 0 fully saturated rings. The molecule has 2 heterocycles. The maximum atomic E-state index is 12.5. The van der Waals surface area contributed by atoms with Gasteiger partial charge in [0.05, 0.1) is 11.1 Å². The molecule has 2 aromatic heterocycles. The molecule has 0 saturated carbocycles. The van der Waals surface area contributed by atoms with Crippen LogP contribution in [0.4, 0.5) is 5.82 Å². The number of pyridine rings is 2. The lowest BCUT2D eigenvalue weighted by atomic mass is 10.1. The highest BCUT2D eigenvalue weighted by atomic mass is 16.1. The van der Waals surface area contributed by atoms with Crippen molar-refractivity contribution >= 4 is 22.5 Å². The molecule has 0 aliphatic carbocycles. The number of rotatable bonds is 2. The van der Waals surface area contributed by atoms with Crippen molar-refractivity contribution in [3.63, 3.8) is 0 Å². The Labute approximate surface area is 116 Å². The zero-order chi connectivity index (χ0) is 14.1. The molecule has 3 aromatic rings. The van der Waals surface area contributed by atoms with Crippen LogP contribution >= 0.6 is 0 Å². The minimum Gasteiger partial charge on any atom is -0.383 e. The number of ketones is 1. The molecule has 1 aromatic carbocycles. The quantitative estimate of drug-likeness (QED) is 0.722. The fourth-order valence-electron chi connectivity index (χ4n) is 2.09.